The van der Waals surface area contributed by atoms with Crippen LogP contribution >= 0.6 is 24.0 Å². The van der Waals surface area contributed by atoms with Crippen molar-refractivity contribution < 1.29 is 13.2 Å². The van der Waals surface area contributed by atoms with E-state index in [0.717, 1.165) is 61.1 Å². The average Bonchev–Trinajstić information content (AvgIpc) is 3.19. The van der Waals surface area contributed by atoms with Gasteiger partial charge in [-0.1, -0.05) is 12.1 Å². The largest absolute Gasteiger partial charge is 0.416 e. The molecule has 182 valence electrons. The molecule has 1 aliphatic heterocycles. The monoisotopic (exact) mass is 576 g/mol. The maximum absolute atomic E-state index is 12.7. The highest BCUT2D eigenvalue weighted by molar-refractivity contribution is 14.0. The van der Waals surface area contributed by atoms with Gasteiger partial charge in [-0.05, 0) is 48.7 Å². The van der Waals surface area contributed by atoms with Crippen LogP contribution < -0.4 is 15.5 Å². The van der Waals surface area contributed by atoms with Crippen LogP contribution in [-0.4, -0.2) is 55.6 Å². The van der Waals surface area contributed by atoms with Gasteiger partial charge in [0, 0.05) is 52.5 Å². The minimum Gasteiger partial charge on any atom is -0.363 e. The second-order valence-electron chi connectivity index (χ2n) is 8.17. The number of nitrogens with one attached hydrogen (secondary N) is 2. The Morgan fingerprint density at radius 2 is 1.91 bits per heavy atom. The Hall–Kier alpha value is -2.08. The summed E-state index contributed by atoms with van der Waals surface area (Å²) in [7, 11) is 3.91. The van der Waals surface area contributed by atoms with Gasteiger partial charge in [0.15, 0.2) is 5.96 Å². The van der Waals surface area contributed by atoms with Gasteiger partial charge in [-0.25, -0.2) is 9.98 Å². The van der Waals surface area contributed by atoms with Crippen molar-refractivity contribution in [2.75, 3.05) is 38.6 Å². The molecule has 1 saturated heterocycles. The first-order chi connectivity index (χ1) is 15.2. The van der Waals surface area contributed by atoms with Crippen molar-refractivity contribution in [3.63, 3.8) is 0 Å². The lowest BCUT2D eigenvalue weighted by Crippen LogP contribution is -2.44. The Morgan fingerprint density at radius 1 is 1.18 bits per heavy atom. The quantitative estimate of drug-likeness (QED) is 0.295. The number of guanidine groups is 1. The number of aliphatic imine (C=N–C) groups is 1. The van der Waals surface area contributed by atoms with Crippen molar-refractivity contribution in [1.29, 1.82) is 0 Å². The first-order valence-corrected chi connectivity index (χ1v) is 10.8. The van der Waals surface area contributed by atoms with E-state index in [9.17, 15) is 13.2 Å². The molecule has 1 fully saturated rings. The Balaban J connectivity index is 0.00000385. The fraction of sp³-hybridized carbons (Fsp3) is 0.478. The third-order valence-corrected chi connectivity index (χ3v) is 5.33. The van der Waals surface area contributed by atoms with Crippen molar-refractivity contribution in [1.82, 2.24) is 20.5 Å². The van der Waals surface area contributed by atoms with Crippen LogP contribution in [0, 0.1) is 0 Å². The minimum absolute atomic E-state index is 0. The summed E-state index contributed by atoms with van der Waals surface area (Å²) in [5.41, 5.74) is 1.35. The van der Waals surface area contributed by atoms with Gasteiger partial charge in [-0.3, -0.25) is 4.90 Å². The average molecular weight is 576 g/mol. The van der Waals surface area contributed by atoms with Gasteiger partial charge in [0.1, 0.15) is 5.82 Å². The Morgan fingerprint density at radius 3 is 2.55 bits per heavy atom. The molecule has 3 rings (SSSR count). The molecule has 0 amide bonds. The zero-order valence-corrected chi connectivity index (χ0v) is 21.5. The highest BCUT2D eigenvalue weighted by atomic mass is 127. The number of halogens is 4. The second-order valence-corrected chi connectivity index (χ2v) is 8.17. The van der Waals surface area contributed by atoms with Gasteiger partial charge in [0.2, 0.25) is 0 Å². The summed E-state index contributed by atoms with van der Waals surface area (Å²) < 4.78 is 38.2. The number of alkyl halides is 3. The molecule has 33 heavy (non-hydrogen) atoms. The molecule has 0 spiro atoms. The third kappa shape index (κ3) is 8.33. The molecular weight excluding hydrogens is 544 g/mol. The smallest absolute Gasteiger partial charge is 0.363 e. The van der Waals surface area contributed by atoms with Crippen LogP contribution in [0.5, 0.6) is 0 Å². The van der Waals surface area contributed by atoms with Crippen molar-refractivity contribution in [2.24, 2.45) is 4.99 Å². The lowest BCUT2D eigenvalue weighted by atomic mass is 10.1. The summed E-state index contributed by atoms with van der Waals surface area (Å²) in [5, 5.41) is 6.78. The van der Waals surface area contributed by atoms with Gasteiger partial charge in [0.05, 0.1) is 12.1 Å². The Bertz CT molecular complexity index is 902. The molecule has 0 aliphatic carbocycles. The van der Waals surface area contributed by atoms with Crippen LogP contribution in [0.2, 0.25) is 0 Å². The van der Waals surface area contributed by atoms with Crippen molar-refractivity contribution >= 4 is 35.8 Å². The van der Waals surface area contributed by atoms with E-state index >= 15 is 0 Å². The molecule has 2 heterocycles. The van der Waals surface area contributed by atoms with E-state index in [-0.39, 0.29) is 30.0 Å². The molecular formula is C23H32F3IN6. The van der Waals surface area contributed by atoms with E-state index in [0.29, 0.717) is 13.1 Å². The Labute approximate surface area is 210 Å². The van der Waals surface area contributed by atoms with Crippen LogP contribution in [-0.2, 0) is 19.3 Å². The fourth-order valence-corrected chi connectivity index (χ4v) is 3.64. The second kappa shape index (κ2) is 12.4. The maximum Gasteiger partial charge on any atom is 0.416 e. The zero-order valence-electron chi connectivity index (χ0n) is 19.2. The Kier molecular flexibility index (Phi) is 10.2. The summed E-state index contributed by atoms with van der Waals surface area (Å²) in [4.78, 5) is 13.2. The summed E-state index contributed by atoms with van der Waals surface area (Å²) in [6, 6.07) is 9.64. The zero-order chi connectivity index (χ0) is 23.1. The van der Waals surface area contributed by atoms with Crippen LogP contribution in [0.1, 0.15) is 30.0 Å². The molecule has 0 bridgehead atoms. The molecule has 2 N–H and O–H groups in total. The topological polar surface area (TPSA) is 55.8 Å². The summed E-state index contributed by atoms with van der Waals surface area (Å²) in [5.74, 6) is 1.66. The number of aromatic nitrogens is 1. The molecule has 10 heteroatoms. The molecule has 1 aromatic carbocycles. The summed E-state index contributed by atoms with van der Waals surface area (Å²) in [6.45, 7) is 5.65. The van der Waals surface area contributed by atoms with E-state index < -0.39 is 11.7 Å². The number of nitrogens with zero attached hydrogens (tertiary/aromatic N) is 4. The molecule has 6 nitrogen and oxygen atoms in total. The maximum atomic E-state index is 12.7. The van der Waals surface area contributed by atoms with Crippen LogP contribution in [0.25, 0.3) is 0 Å². The van der Waals surface area contributed by atoms with E-state index in [4.69, 9.17) is 4.99 Å². The molecule has 1 aromatic heterocycles. The van der Waals surface area contributed by atoms with E-state index in [1.54, 1.807) is 18.3 Å². The SMILES string of the molecule is CCNC(=NCc1ccnc(N(C)C)c1)NC1CCN(Cc2ccc(C(F)(F)F)cc2)C1.I. The lowest BCUT2D eigenvalue weighted by molar-refractivity contribution is -0.137. The standard InChI is InChI=1S/C23H31F3N6.HI/c1-4-27-22(29-14-18-9-11-28-21(13-18)31(2)3)30-20-10-12-32(16-20)15-17-5-7-19(8-6-17)23(24,25)26;/h5-9,11,13,20H,4,10,12,14-16H2,1-3H3,(H2,27,29,30);1H. The highest BCUT2D eigenvalue weighted by Gasteiger charge is 2.30. The normalized spacial score (nSPS) is 16.9. The van der Waals surface area contributed by atoms with Gasteiger partial charge in [0.25, 0.3) is 0 Å². The highest BCUT2D eigenvalue weighted by Crippen LogP contribution is 2.29. The predicted octanol–water partition coefficient (Wildman–Crippen LogP) is 4.11. The van der Waals surface area contributed by atoms with Crippen molar-refractivity contribution in [3.05, 3.63) is 59.3 Å². The number of likely N-dealkylation sites (tertiary alicyclic amines) is 1. The van der Waals surface area contributed by atoms with Gasteiger partial charge < -0.3 is 15.5 Å². The lowest BCUT2D eigenvalue weighted by Gasteiger charge is -2.19. The van der Waals surface area contributed by atoms with Gasteiger partial charge >= 0.3 is 6.18 Å². The van der Waals surface area contributed by atoms with Crippen LogP contribution in [0.4, 0.5) is 19.0 Å². The number of rotatable bonds is 7. The minimum atomic E-state index is -4.30. The summed E-state index contributed by atoms with van der Waals surface area (Å²) >= 11 is 0. The van der Waals surface area contributed by atoms with Gasteiger partial charge in [-0.2, -0.15) is 13.2 Å². The van der Waals surface area contributed by atoms with E-state index in [2.05, 4.69) is 20.5 Å². The fourth-order valence-electron chi connectivity index (χ4n) is 3.64. The molecule has 0 saturated carbocycles. The number of pyridine rings is 1. The van der Waals surface area contributed by atoms with Crippen molar-refractivity contribution in [3.8, 4) is 0 Å². The van der Waals surface area contributed by atoms with Crippen LogP contribution in [0.3, 0.4) is 0 Å². The number of benzene rings is 1. The molecule has 1 aliphatic rings. The molecule has 1 unspecified atom stereocenters. The predicted molar refractivity (Wildman–Crippen MR) is 137 cm³/mol. The number of hydrogen-bond acceptors (Lipinski definition) is 4. The van der Waals surface area contributed by atoms with Crippen molar-refractivity contribution in [2.45, 2.75) is 38.7 Å². The van der Waals surface area contributed by atoms with Crippen LogP contribution in [0.15, 0.2) is 47.6 Å². The molecule has 1 atom stereocenters. The van der Waals surface area contributed by atoms with Gasteiger partial charge in [-0.15, -0.1) is 24.0 Å². The van der Waals surface area contributed by atoms with E-state index in [1.165, 1.54) is 0 Å². The number of hydrogen-bond donors (Lipinski definition) is 2. The summed E-state index contributed by atoms with van der Waals surface area (Å²) in [6.07, 6.45) is -1.56. The molecule has 0 radical (unpaired) electrons. The first-order valence-electron chi connectivity index (χ1n) is 10.8. The number of anilines is 1. The first kappa shape index (κ1) is 27.2. The third-order valence-electron chi connectivity index (χ3n) is 5.33. The van der Waals surface area contributed by atoms with E-state index in [1.807, 2.05) is 38.1 Å². The molecule has 2 aromatic rings.